The normalized spacial score (nSPS) is 15.7. The Bertz CT molecular complexity index is 540. The average Bonchev–Trinajstić information content (AvgIpc) is 2.35. The van der Waals surface area contributed by atoms with Gasteiger partial charge in [-0.2, -0.15) is 0 Å². The summed E-state index contributed by atoms with van der Waals surface area (Å²) >= 11 is 0. The SMILES string of the molecule is O=C(O)c1ccc(F)c(CN2C(=O)CCCC2=O)c1. The Labute approximate surface area is 108 Å². The first-order valence-corrected chi connectivity index (χ1v) is 5.84. The topological polar surface area (TPSA) is 74.7 Å². The maximum absolute atomic E-state index is 13.6. The van der Waals surface area contributed by atoms with Crippen LogP contribution in [-0.2, 0) is 16.1 Å². The van der Waals surface area contributed by atoms with Crippen molar-refractivity contribution in [2.45, 2.75) is 25.8 Å². The minimum absolute atomic E-state index is 0.0310. The summed E-state index contributed by atoms with van der Waals surface area (Å²) in [6, 6.07) is 3.31. The van der Waals surface area contributed by atoms with Crippen molar-refractivity contribution in [1.82, 2.24) is 4.90 Å². The summed E-state index contributed by atoms with van der Waals surface area (Å²) < 4.78 is 13.6. The molecule has 1 heterocycles. The highest BCUT2D eigenvalue weighted by Crippen LogP contribution is 2.18. The number of carbonyl (C=O) groups is 3. The number of rotatable bonds is 3. The molecule has 0 spiro atoms. The van der Waals surface area contributed by atoms with Crippen molar-refractivity contribution in [3.8, 4) is 0 Å². The summed E-state index contributed by atoms with van der Waals surface area (Å²) in [6.07, 6.45) is 1.02. The second-order valence-electron chi connectivity index (χ2n) is 4.34. The van der Waals surface area contributed by atoms with Gasteiger partial charge in [0, 0.05) is 18.4 Å². The molecule has 0 bridgehead atoms. The van der Waals surface area contributed by atoms with Crippen LogP contribution in [0.4, 0.5) is 4.39 Å². The fraction of sp³-hybridized carbons (Fsp3) is 0.308. The fourth-order valence-electron chi connectivity index (χ4n) is 1.98. The number of carbonyl (C=O) groups excluding carboxylic acids is 2. The van der Waals surface area contributed by atoms with Crippen LogP contribution in [-0.4, -0.2) is 27.8 Å². The summed E-state index contributed by atoms with van der Waals surface area (Å²) in [7, 11) is 0. The van der Waals surface area contributed by atoms with Gasteiger partial charge in [0.2, 0.25) is 11.8 Å². The summed E-state index contributed by atoms with van der Waals surface area (Å²) in [6.45, 7) is -0.218. The van der Waals surface area contributed by atoms with Crippen molar-refractivity contribution in [3.63, 3.8) is 0 Å². The number of piperidine rings is 1. The Balaban J connectivity index is 2.27. The highest BCUT2D eigenvalue weighted by atomic mass is 19.1. The van der Waals surface area contributed by atoms with E-state index in [9.17, 15) is 18.8 Å². The third-order valence-electron chi connectivity index (χ3n) is 3.00. The molecule has 6 heteroatoms. The number of benzene rings is 1. The Morgan fingerprint density at radius 1 is 1.26 bits per heavy atom. The number of carboxylic acid groups (broad SMARTS) is 1. The van der Waals surface area contributed by atoms with Gasteiger partial charge in [-0.25, -0.2) is 9.18 Å². The van der Waals surface area contributed by atoms with Gasteiger partial charge in [0.25, 0.3) is 0 Å². The van der Waals surface area contributed by atoms with Crippen LogP contribution in [0.5, 0.6) is 0 Å². The maximum Gasteiger partial charge on any atom is 0.335 e. The lowest BCUT2D eigenvalue weighted by molar-refractivity contribution is -0.148. The minimum atomic E-state index is -1.18. The molecule has 1 N–H and O–H groups in total. The average molecular weight is 265 g/mol. The molecule has 2 amide bonds. The van der Waals surface area contributed by atoms with Crippen molar-refractivity contribution in [2.24, 2.45) is 0 Å². The first-order valence-electron chi connectivity index (χ1n) is 5.84. The zero-order valence-electron chi connectivity index (χ0n) is 10.1. The van der Waals surface area contributed by atoms with Gasteiger partial charge in [-0.05, 0) is 24.6 Å². The third kappa shape index (κ3) is 2.78. The van der Waals surface area contributed by atoms with Gasteiger partial charge in [-0.3, -0.25) is 14.5 Å². The molecule has 1 aromatic rings. The van der Waals surface area contributed by atoms with Crippen molar-refractivity contribution in [2.75, 3.05) is 0 Å². The minimum Gasteiger partial charge on any atom is -0.478 e. The number of nitrogens with zero attached hydrogens (tertiary/aromatic N) is 1. The fourth-order valence-corrected chi connectivity index (χ4v) is 1.98. The van der Waals surface area contributed by atoms with E-state index in [0.717, 1.165) is 23.1 Å². The lowest BCUT2D eigenvalue weighted by atomic mass is 10.1. The molecule has 1 aromatic carbocycles. The highest BCUT2D eigenvalue weighted by Gasteiger charge is 2.26. The van der Waals surface area contributed by atoms with Gasteiger partial charge in [0.05, 0.1) is 12.1 Å². The van der Waals surface area contributed by atoms with Gasteiger partial charge in [0.1, 0.15) is 5.82 Å². The smallest absolute Gasteiger partial charge is 0.335 e. The predicted molar refractivity (Wildman–Crippen MR) is 62.8 cm³/mol. The largest absolute Gasteiger partial charge is 0.478 e. The number of carboxylic acids is 1. The van der Waals surface area contributed by atoms with Crippen LogP contribution in [0.2, 0.25) is 0 Å². The molecule has 2 rings (SSSR count). The number of imide groups is 1. The van der Waals surface area contributed by atoms with Crippen LogP contribution in [0.3, 0.4) is 0 Å². The number of amides is 2. The Kier molecular flexibility index (Phi) is 3.59. The van der Waals surface area contributed by atoms with E-state index in [1.807, 2.05) is 0 Å². The van der Waals surface area contributed by atoms with Crippen molar-refractivity contribution < 1.29 is 23.9 Å². The summed E-state index contributed by atoms with van der Waals surface area (Å²) in [4.78, 5) is 35.0. The molecular weight excluding hydrogens is 253 g/mol. The van der Waals surface area contributed by atoms with Gasteiger partial charge < -0.3 is 5.11 Å². The van der Waals surface area contributed by atoms with Crippen molar-refractivity contribution in [1.29, 1.82) is 0 Å². The molecule has 0 unspecified atom stereocenters. The molecule has 100 valence electrons. The molecule has 1 fully saturated rings. The Hall–Kier alpha value is -2.24. The first-order chi connectivity index (χ1) is 8.99. The Morgan fingerprint density at radius 3 is 2.47 bits per heavy atom. The van der Waals surface area contributed by atoms with Crippen LogP contribution in [0, 0.1) is 5.82 Å². The van der Waals surface area contributed by atoms with Crippen LogP contribution in [0.1, 0.15) is 35.2 Å². The van der Waals surface area contributed by atoms with Crippen molar-refractivity contribution in [3.05, 3.63) is 35.1 Å². The van der Waals surface area contributed by atoms with E-state index < -0.39 is 11.8 Å². The van der Waals surface area contributed by atoms with Crippen molar-refractivity contribution >= 4 is 17.8 Å². The van der Waals surface area contributed by atoms with E-state index in [1.54, 1.807) is 0 Å². The quantitative estimate of drug-likeness (QED) is 0.842. The molecular formula is C13H12FNO4. The zero-order valence-corrected chi connectivity index (χ0v) is 10.1. The number of hydrogen-bond acceptors (Lipinski definition) is 3. The van der Waals surface area contributed by atoms with Crippen LogP contribution >= 0.6 is 0 Å². The van der Waals surface area contributed by atoms with E-state index in [0.29, 0.717) is 6.42 Å². The van der Waals surface area contributed by atoms with E-state index in [-0.39, 0.29) is 42.3 Å². The highest BCUT2D eigenvalue weighted by molar-refractivity contribution is 5.97. The van der Waals surface area contributed by atoms with Crippen LogP contribution in [0.15, 0.2) is 18.2 Å². The molecule has 1 aliphatic rings. The second kappa shape index (κ2) is 5.17. The first kappa shape index (κ1) is 13.2. The third-order valence-corrected chi connectivity index (χ3v) is 3.00. The summed E-state index contributed by atoms with van der Waals surface area (Å²) in [5.41, 5.74) is -0.0446. The van der Waals surface area contributed by atoms with E-state index in [4.69, 9.17) is 5.11 Å². The lowest BCUT2D eigenvalue weighted by Gasteiger charge is -2.25. The molecule has 0 aliphatic carbocycles. The standard InChI is InChI=1S/C13H12FNO4/c14-10-5-4-8(13(18)19)6-9(10)7-15-11(16)2-1-3-12(15)17/h4-6H,1-3,7H2,(H,18,19). The van der Waals surface area contributed by atoms with E-state index in [1.165, 1.54) is 0 Å². The lowest BCUT2D eigenvalue weighted by Crippen LogP contribution is -2.39. The van der Waals surface area contributed by atoms with Gasteiger partial charge in [-0.1, -0.05) is 0 Å². The molecule has 19 heavy (non-hydrogen) atoms. The molecule has 0 saturated carbocycles. The monoisotopic (exact) mass is 265 g/mol. The predicted octanol–water partition coefficient (Wildman–Crippen LogP) is 1.56. The Morgan fingerprint density at radius 2 is 1.89 bits per heavy atom. The summed E-state index contributed by atoms with van der Waals surface area (Å²) in [5.74, 6) is -2.51. The molecule has 1 saturated heterocycles. The van der Waals surface area contributed by atoms with Gasteiger partial charge >= 0.3 is 5.97 Å². The van der Waals surface area contributed by atoms with Crippen LogP contribution < -0.4 is 0 Å². The number of hydrogen-bond donors (Lipinski definition) is 1. The molecule has 5 nitrogen and oxygen atoms in total. The molecule has 1 aliphatic heterocycles. The molecule has 0 atom stereocenters. The van der Waals surface area contributed by atoms with E-state index >= 15 is 0 Å². The van der Waals surface area contributed by atoms with Gasteiger partial charge in [0.15, 0.2) is 0 Å². The number of aromatic carboxylic acids is 1. The second-order valence-corrected chi connectivity index (χ2v) is 4.34. The number of halogens is 1. The summed E-state index contributed by atoms with van der Waals surface area (Å²) in [5, 5.41) is 8.84. The van der Waals surface area contributed by atoms with Gasteiger partial charge in [-0.15, -0.1) is 0 Å². The molecule has 0 aromatic heterocycles. The maximum atomic E-state index is 13.6. The number of likely N-dealkylation sites (tertiary alicyclic amines) is 1. The molecule has 0 radical (unpaired) electrons. The zero-order chi connectivity index (χ0) is 14.0. The van der Waals surface area contributed by atoms with Crippen LogP contribution in [0.25, 0.3) is 0 Å². The van der Waals surface area contributed by atoms with E-state index in [2.05, 4.69) is 0 Å².